The smallest absolute Gasteiger partial charge is 0.231 e. The Balaban J connectivity index is 2.10. The maximum Gasteiger partial charge on any atom is 0.231 e. The van der Waals surface area contributed by atoms with Crippen molar-refractivity contribution < 1.29 is 4.79 Å². The Labute approximate surface area is 120 Å². The number of anilines is 1. The van der Waals surface area contributed by atoms with Crippen LogP contribution in [0.2, 0.25) is 0 Å². The first-order valence-electron chi connectivity index (χ1n) is 7.22. The summed E-state index contributed by atoms with van der Waals surface area (Å²) in [5, 5.41) is 11.7. The van der Waals surface area contributed by atoms with Crippen molar-refractivity contribution in [3.63, 3.8) is 0 Å². The van der Waals surface area contributed by atoms with Gasteiger partial charge in [-0.1, -0.05) is 25.7 Å². The number of amides is 1. The van der Waals surface area contributed by atoms with E-state index in [9.17, 15) is 4.79 Å². The lowest BCUT2D eigenvalue weighted by molar-refractivity contribution is -0.125. The molecule has 1 amide bonds. The van der Waals surface area contributed by atoms with E-state index in [4.69, 9.17) is 11.0 Å². The number of hydrogen-bond acceptors (Lipinski definition) is 3. The second-order valence-electron chi connectivity index (χ2n) is 5.54. The average Bonchev–Trinajstić information content (AvgIpc) is 2.74. The van der Waals surface area contributed by atoms with Gasteiger partial charge in [0.25, 0.3) is 0 Å². The van der Waals surface area contributed by atoms with Crippen LogP contribution in [0.1, 0.15) is 44.1 Å². The van der Waals surface area contributed by atoms with E-state index in [1.165, 1.54) is 12.8 Å². The zero-order valence-electron chi connectivity index (χ0n) is 11.7. The number of nitrogens with one attached hydrogen (secondary N) is 1. The molecular formula is C16H21N3O. The SMILES string of the molecule is N#Cc1ccc(NC(=O)C2(CN)CCCCCC2)cc1. The molecule has 4 heteroatoms. The fourth-order valence-electron chi connectivity index (χ4n) is 2.82. The van der Waals surface area contributed by atoms with Crippen LogP contribution in [0.5, 0.6) is 0 Å². The molecule has 0 aromatic heterocycles. The molecule has 1 aromatic rings. The lowest BCUT2D eigenvalue weighted by Crippen LogP contribution is -2.42. The summed E-state index contributed by atoms with van der Waals surface area (Å²) < 4.78 is 0. The topological polar surface area (TPSA) is 78.9 Å². The Bertz CT molecular complexity index is 493. The fourth-order valence-corrected chi connectivity index (χ4v) is 2.82. The van der Waals surface area contributed by atoms with E-state index in [0.717, 1.165) is 31.4 Å². The van der Waals surface area contributed by atoms with E-state index in [1.807, 2.05) is 0 Å². The van der Waals surface area contributed by atoms with Gasteiger partial charge in [0.05, 0.1) is 17.0 Å². The zero-order chi connectivity index (χ0) is 14.4. The van der Waals surface area contributed by atoms with E-state index in [-0.39, 0.29) is 5.91 Å². The molecular weight excluding hydrogens is 250 g/mol. The Morgan fingerprint density at radius 3 is 2.30 bits per heavy atom. The summed E-state index contributed by atoms with van der Waals surface area (Å²) >= 11 is 0. The predicted octanol–water partition coefficient (Wildman–Crippen LogP) is 2.80. The van der Waals surface area contributed by atoms with E-state index < -0.39 is 5.41 Å². The van der Waals surface area contributed by atoms with Crippen molar-refractivity contribution in [2.75, 3.05) is 11.9 Å². The van der Waals surface area contributed by atoms with E-state index in [1.54, 1.807) is 24.3 Å². The van der Waals surface area contributed by atoms with E-state index >= 15 is 0 Å². The number of carbonyl (C=O) groups excluding carboxylic acids is 1. The number of benzene rings is 1. The van der Waals surface area contributed by atoms with Crippen molar-refractivity contribution in [2.45, 2.75) is 38.5 Å². The highest BCUT2D eigenvalue weighted by molar-refractivity contribution is 5.95. The molecule has 1 saturated carbocycles. The lowest BCUT2D eigenvalue weighted by Gasteiger charge is -2.29. The van der Waals surface area contributed by atoms with Crippen molar-refractivity contribution in [1.29, 1.82) is 5.26 Å². The maximum absolute atomic E-state index is 12.6. The third-order valence-electron chi connectivity index (χ3n) is 4.20. The van der Waals surface area contributed by atoms with Gasteiger partial charge in [0.15, 0.2) is 0 Å². The Kier molecular flexibility index (Phi) is 4.75. The molecule has 106 valence electrons. The number of carbonyl (C=O) groups is 1. The summed E-state index contributed by atoms with van der Waals surface area (Å²) in [6.07, 6.45) is 6.24. The summed E-state index contributed by atoms with van der Waals surface area (Å²) in [6, 6.07) is 9.00. The first-order chi connectivity index (χ1) is 9.70. The molecule has 4 nitrogen and oxygen atoms in total. The van der Waals surface area contributed by atoms with Crippen LogP contribution in [0.25, 0.3) is 0 Å². The molecule has 1 aliphatic carbocycles. The normalized spacial score (nSPS) is 17.8. The molecule has 0 atom stereocenters. The molecule has 0 radical (unpaired) electrons. The minimum absolute atomic E-state index is 0.0200. The van der Waals surface area contributed by atoms with Crippen LogP contribution in [0, 0.1) is 16.7 Å². The second kappa shape index (κ2) is 6.53. The van der Waals surface area contributed by atoms with Crippen LogP contribution in [-0.4, -0.2) is 12.5 Å². The van der Waals surface area contributed by atoms with Crippen molar-refractivity contribution in [1.82, 2.24) is 0 Å². The number of nitriles is 1. The van der Waals surface area contributed by atoms with Gasteiger partial charge in [0, 0.05) is 12.2 Å². The first kappa shape index (κ1) is 14.5. The highest BCUT2D eigenvalue weighted by Crippen LogP contribution is 2.35. The average molecular weight is 271 g/mol. The molecule has 20 heavy (non-hydrogen) atoms. The van der Waals surface area contributed by atoms with Gasteiger partial charge in [0.2, 0.25) is 5.91 Å². The van der Waals surface area contributed by atoms with Gasteiger partial charge in [-0.05, 0) is 37.1 Å². The van der Waals surface area contributed by atoms with Gasteiger partial charge in [0.1, 0.15) is 0 Å². The van der Waals surface area contributed by atoms with Crippen LogP contribution in [0.15, 0.2) is 24.3 Å². The Morgan fingerprint density at radius 1 is 1.20 bits per heavy atom. The molecule has 0 saturated heterocycles. The second-order valence-corrected chi connectivity index (χ2v) is 5.54. The molecule has 0 unspecified atom stereocenters. The largest absolute Gasteiger partial charge is 0.329 e. The van der Waals surface area contributed by atoms with Crippen LogP contribution < -0.4 is 11.1 Å². The minimum Gasteiger partial charge on any atom is -0.329 e. The molecule has 2 rings (SSSR count). The van der Waals surface area contributed by atoms with Crippen LogP contribution in [-0.2, 0) is 4.79 Å². The van der Waals surface area contributed by atoms with Gasteiger partial charge >= 0.3 is 0 Å². The number of rotatable bonds is 3. The van der Waals surface area contributed by atoms with Crippen molar-refractivity contribution >= 4 is 11.6 Å². The highest BCUT2D eigenvalue weighted by Gasteiger charge is 2.37. The summed E-state index contributed by atoms with van der Waals surface area (Å²) in [5.41, 5.74) is 6.79. The summed E-state index contributed by atoms with van der Waals surface area (Å²) in [7, 11) is 0. The number of hydrogen-bond donors (Lipinski definition) is 2. The summed E-state index contributed by atoms with van der Waals surface area (Å²) in [6.45, 7) is 0.398. The van der Waals surface area contributed by atoms with Crippen LogP contribution >= 0.6 is 0 Å². The molecule has 0 bridgehead atoms. The fraction of sp³-hybridized carbons (Fsp3) is 0.500. The van der Waals surface area contributed by atoms with E-state index in [0.29, 0.717) is 12.1 Å². The third-order valence-corrected chi connectivity index (χ3v) is 4.20. The maximum atomic E-state index is 12.6. The van der Waals surface area contributed by atoms with Crippen molar-refractivity contribution in [2.24, 2.45) is 11.1 Å². The van der Waals surface area contributed by atoms with E-state index in [2.05, 4.69) is 11.4 Å². The zero-order valence-corrected chi connectivity index (χ0v) is 11.7. The monoisotopic (exact) mass is 271 g/mol. The summed E-state index contributed by atoms with van der Waals surface area (Å²) in [5.74, 6) is 0.0200. The Morgan fingerprint density at radius 2 is 1.80 bits per heavy atom. The molecule has 0 aliphatic heterocycles. The van der Waals surface area contributed by atoms with Gasteiger partial charge < -0.3 is 11.1 Å². The lowest BCUT2D eigenvalue weighted by atomic mass is 9.79. The molecule has 1 fully saturated rings. The quantitative estimate of drug-likeness (QED) is 0.830. The van der Waals surface area contributed by atoms with Gasteiger partial charge in [-0.2, -0.15) is 5.26 Å². The highest BCUT2D eigenvalue weighted by atomic mass is 16.2. The predicted molar refractivity (Wildman–Crippen MR) is 79.0 cm³/mol. The molecule has 1 aliphatic rings. The molecule has 0 heterocycles. The minimum atomic E-state index is -0.426. The van der Waals surface area contributed by atoms with Gasteiger partial charge in [-0.25, -0.2) is 0 Å². The molecule has 3 N–H and O–H groups in total. The van der Waals surface area contributed by atoms with Crippen LogP contribution in [0.4, 0.5) is 5.69 Å². The van der Waals surface area contributed by atoms with Gasteiger partial charge in [-0.3, -0.25) is 4.79 Å². The summed E-state index contributed by atoms with van der Waals surface area (Å²) in [4.78, 5) is 12.6. The number of nitrogens with zero attached hydrogens (tertiary/aromatic N) is 1. The third kappa shape index (κ3) is 3.17. The standard InChI is InChI=1S/C16H21N3O/c17-11-13-5-7-14(8-6-13)19-15(20)16(12-18)9-3-1-2-4-10-16/h5-8H,1-4,9-10,12,18H2,(H,19,20). The molecule has 1 aromatic carbocycles. The van der Waals surface area contributed by atoms with Crippen LogP contribution in [0.3, 0.4) is 0 Å². The first-order valence-corrected chi connectivity index (χ1v) is 7.22. The number of nitrogens with two attached hydrogens (primary N) is 1. The Hall–Kier alpha value is -1.86. The van der Waals surface area contributed by atoms with Gasteiger partial charge in [-0.15, -0.1) is 0 Å². The van der Waals surface area contributed by atoms with Crippen molar-refractivity contribution in [3.05, 3.63) is 29.8 Å². The van der Waals surface area contributed by atoms with Crippen molar-refractivity contribution in [3.8, 4) is 6.07 Å². The molecule has 0 spiro atoms.